The second-order valence-electron chi connectivity index (χ2n) is 5.94. The highest BCUT2D eigenvalue weighted by Gasteiger charge is 2.20. The van der Waals surface area contributed by atoms with Crippen molar-refractivity contribution in [1.82, 2.24) is 5.32 Å². The number of hydrogen-bond donors (Lipinski definition) is 2. The molecule has 4 nitrogen and oxygen atoms in total. The van der Waals surface area contributed by atoms with Crippen molar-refractivity contribution in [2.75, 3.05) is 5.32 Å². The van der Waals surface area contributed by atoms with E-state index in [9.17, 15) is 9.59 Å². The maximum atomic E-state index is 12.3. The normalized spacial score (nSPS) is 14.5. The molecule has 2 aromatic carbocycles. The first kappa shape index (κ1) is 17.6. The van der Waals surface area contributed by atoms with Crippen molar-refractivity contribution >= 4 is 46.7 Å². The Balaban J connectivity index is 1.45. The van der Waals surface area contributed by atoms with Gasteiger partial charge >= 0.3 is 0 Å². The third kappa shape index (κ3) is 4.13. The molecule has 3 aromatic rings. The van der Waals surface area contributed by atoms with E-state index in [1.807, 2.05) is 60.0 Å². The van der Waals surface area contributed by atoms with Gasteiger partial charge in [0.05, 0.1) is 17.1 Å². The van der Waals surface area contributed by atoms with E-state index in [1.165, 1.54) is 11.8 Å². The molecule has 0 fully saturated rings. The van der Waals surface area contributed by atoms with Crippen LogP contribution in [0.5, 0.6) is 0 Å². The van der Waals surface area contributed by atoms with Gasteiger partial charge in [-0.15, -0.1) is 11.3 Å². The maximum Gasteiger partial charge on any atom is 0.262 e. The molecule has 0 aliphatic carbocycles. The van der Waals surface area contributed by atoms with E-state index < -0.39 is 0 Å². The van der Waals surface area contributed by atoms with Crippen molar-refractivity contribution in [2.24, 2.45) is 0 Å². The van der Waals surface area contributed by atoms with E-state index in [1.54, 1.807) is 23.5 Å². The summed E-state index contributed by atoms with van der Waals surface area (Å²) >= 11 is 3.06. The van der Waals surface area contributed by atoms with Crippen LogP contribution in [0.4, 0.5) is 5.69 Å². The Morgan fingerprint density at radius 3 is 2.63 bits per heavy atom. The van der Waals surface area contributed by atoms with E-state index >= 15 is 0 Å². The molecule has 0 atom stereocenters. The molecule has 0 radical (unpaired) electrons. The van der Waals surface area contributed by atoms with Crippen LogP contribution >= 0.6 is 23.1 Å². The number of fused-ring (bicyclic) bond motifs is 1. The Morgan fingerprint density at radius 1 is 1.04 bits per heavy atom. The Morgan fingerprint density at radius 2 is 1.85 bits per heavy atom. The van der Waals surface area contributed by atoms with Crippen molar-refractivity contribution < 1.29 is 9.59 Å². The van der Waals surface area contributed by atoms with Gasteiger partial charge in [0.15, 0.2) is 0 Å². The molecule has 2 N–H and O–H groups in total. The maximum absolute atomic E-state index is 12.3. The molecule has 134 valence electrons. The zero-order valence-corrected chi connectivity index (χ0v) is 15.9. The molecule has 1 aliphatic rings. The minimum atomic E-state index is -0.114. The van der Waals surface area contributed by atoms with Crippen LogP contribution in [-0.4, -0.2) is 11.8 Å². The molecule has 0 unspecified atom stereocenters. The first-order valence-corrected chi connectivity index (χ1v) is 10.1. The number of nitrogens with one attached hydrogen (secondary N) is 2. The van der Waals surface area contributed by atoms with E-state index in [2.05, 4.69) is 10.6 Å². The standard InChI is InChI=1S/C21H16N2O2S2/c24-20(22-13-16-4-3-11-26-16)15-9-7-14(8-10-15)12-19-21(25)23-17-5-1-2-6-18(17)27-19/h1-12H,13H2,(H,22,24)(H,23,25)/b19-12+. The van der Waals surface area contributed by atoms with Crippen LogP contribution < -0.4 is 10.6 Å². The second kappa shape index (κ2) is 7.82. The highest BCUT2D eigenvalue weighted by Crippen LogP contribution is 2.38. The summed E-state index contributed by atoms with van der Waals surface area (Å²) in [5.74, 6) is -0.224. The van der Waals surface area contributed by atoms with Gasteiger partial charge in [0.25, 0.3) is 11.8 Å². The zero-order chi connectivity index (χ0) is 18.6. The molecule has 1 aromatic heterocycles. The fraction of sp³-hybridized carbons (Fsp3) is 0.0476. The van der Waals surface area contributed by atoms with Gasteiger partial charge in [-0.05, 0) is 47.4 Å². The Bertz CT molecular complexity index is 1010. The third-order valence-electron chi connectivity index (χ3n) is 4.05. The Labute approximate surface area is 165 Å². The lowest BCUT2D eigenvalue weighted by Gasteiger charge is -2.18. The fourth-order valence-corrected chi connectivity index (χ4v) is 4.26. The largest absolute Gasteiger partial charge is 0.347 e. The number of benzene rings is 2. The van der Waals surface area contributed by atoms with Gasteiger partial charge in [-0.3, -0.25) is 9.59 Å². The van der Waals surface area contributed by atoms with Crippen LogP contribution in [0, 0.1) is 0 Å². The van der Waals surface area contributed by atoms with Crippen molar-refractivity contribution in [2.45, 2.75) is 11.4 Å². The number of anilines is 1. The van der Waals surface area contributed by atoms with E-state index in [0.29, 0.717) is 17.0 Å². The van der Waals surface area contributed by atoms with Crippen LogP contribution in [-0.2, 0) is 11.3 Å². The number of rotatable bonds is 4. The van der Waals surface area contributed by atoms with Crippen LogP contribution in [0.15, 0.2) is 75.8 Å². The molecule has 2 heterocycles. The summed E-state index contributed by atoms with van der Waals surface area (Å²) < 4.78 is 0. The van der Waals surface area contributed by atoms with Gasteiger partial charge in [-0.2, -0.15) is 0 Å². The zero-order valence-electron chi connectivity index (χ0n) is 14.3. The average Bonchev–Trinajstić information content (AvgIpc) is 3.21. The third-order valence-corrected chi connectivity index (χ3v) is 6.03. The van der Waals surface area contributed by atoms with Crippen molar-refractivity contribution in [1.29, 1.82) is 0 Å². The summed E-state index contributed by atoms with van der Waals surface area (Å²) in [4.78, 5) is 27.3. The number of thiophene rings is 1. The van der Waals surface area contributed by atoms with Gasteiger partial charge in [0.1, 0.15) is 0 Å². The monoisotopic (exact) mass is 392 g/mol. The summed E-state index contributed by atoms with van der Waals surface area (Å²) in [7, 11) is 0. The van der Waals surface area contributed by atoms with Gasteiger partial charge in [0, 0.05) is 15.3 Å². The summed E-state index contributed by atoms with van der Waals surface area (Å²) in [6.45, 7) is 0.526. The highest BCUT2D eigenvalue weighted by molar-refractivity contribution is 8.04. The fourth-order valence-electron chi connectivity index (χ4n) is 2.67. The Hall–Kier alpha value is -2.83. The van der Waals surface area contributed by atoms with Gasteiger partial charge < -0.3 is 10.6 Å². The summed E-state index contributed by atoms with van der Waals surface area (Å²) in [5.41, 5.74) is 2.31. The molecule has 0 saturated heterocycles. The number of hydrogen-bond acceptors (Lipinski definition) is 4. The van der Waals surface area contributed by atoms with Gasteiger partial charge in [-0.25, -0.2) is 0 Å². The van der Waals surface area contributed by atoms with Crippen LogP contribution in [0.1, 0.15) is 20.8 Å². The second-order valence-corrected chi connectivity index (χ2v) is 8.06. The Kier molecular flexibility index (Phi) is 5.09. The molecule has 1 aliphatic heterocycles. The minimum Gasteiger partial charge on any atom is -0.347 e. The highest BCUT2D eigenvalue weighted by atomic mass is 32.2. The van der Waals surface area contributed by atoms with Crippen LogP contribution in [0.3, 0.4) is 0 Å². The van der Waals surface area contributed by atoms with Crippen LogP contribution in [0.2, 0.25) is 0 Å². The van der Waals surface area contributed by atoms with E-state index in [4.69, 9.17) is 0 Å². The molecule has 0 saturated carbocycles. The first-order chi connectivity index (χ1) is 13.2. The van der Waals surface area contributed by atoms with E-state index in [-0.39, 0.29) is 11.8 Å². The van der Waals surface area contributed by atoms with Gasteiger partial charge in [0.2, 0.25) is 0 Å². The molecule has 6 heteroatoms. The van der Waals surface area contributed by atoms with E-state index in [0.717, 1.165) is 21.0 Å². The van der Waals surface area contributed by atoms with Crippen molar-refractivity contribution in [3.05, 3.63) is 87.0 Å². The molecule has 2 amide bonds. The van der Waals surface area contributed by atoms with Gasteiger partial charge in [-0.1, -0.05) is 42.1 Å². The lowest BCUT2D eigenvalue weighted by Crippen LogP contribution is -2.22. The smallest absolute Gasteiger partial charge is 0.262 e. The SMILES string of the molecule is O=C1Nc2ccccc2S/C1=C/c1ccc(C(=O)NCc2cccs2)cc1. The van der Waals surface area contributed by atoms with Crippen molar-refractivity contribution in [3.8, 4) is 0 Å². The summed E-state index contributed by atoms with van der Waals surface area (Å²) in [6.07, 6.45) is 1.84. The van der Waals surface area contributed by atoms with Crippen LogP contribution in [0.25, 0.3) is 6.08 Å². The summed E-state index contributed by atoms with van der Waals surface area (Å²) in [6, 6.07) is 18.9. The predicted octanol–water partition coefficient (Wildman–Crippen LogP) is 4.76. The molecule has 4 rings (SSSR count). The summed E-state index contributed by atoms with van der Waals surface area (Å²) in [5, 5.41) is 7.79. The quantitative estimate of drug-likeness (QED) is 0.629. The average molecular weight is 393 g/mol. The molecule has 0 spiro atoms. The lowest BCUT2D eigenvalue weighted by molar-refractivity contribution is -0.112. The molecule has 0 bridgehead atoms. The number of carbonyl (C=O) groups is 2. The first-order valence-electron chi connectivity index (χ1n) is 8.39. The minimum absolute atomic E-state index is 0.110. The molecule has 27 heavy (non-hydrogen) atoms. The molecular weight excluding hydrogens is 376 g/mol. The number of para-hydroxylation sites is 1. The van der Waals surface area contributed by atoms with Crippen molar-refractivity contribution in [3.63, 3.8) is 0 Å². The number of carbonyl (C=O) groups excluding carboxylic acids is 2. The number of amides is 2. The molecular formula is C21H16N2O2S2. The predicted molar refractivity (Wildman–Crippen MR) is 111 cm³/mol. The lowest BCUT2D eigenvalue weighted by atomic mass is 10.1. The number of thioether (sulfide) groups is 1. The topological polar surface area (TPSA) is 58.2 Å².